The molecule has 3 nitrogen and oxygen atoms in total. The van der Waals surface area contributed by atoms with Gasteiger partial charge in [0.05, 0.1) is 14.2 Å². The molecule has 0 aliphatic heterocycles. The van der Waals surface area contributed by atoms with Gasteiger partial charge in [0.25, 0.3) is 0 Å². The molecule has 0 amide bonds. The lowest BCUT2D eigenvalue weighted by Gasteiger charge is -2.07. The molecule has 94 valence electrons. The molecule has 0 atom stereocenters. The van der Waals surface area contributed by atoms with Crippen LogP contribution in [-0.4, -0.2) is 20.0 Å². The van der Waals surface area contributed by atoms with Gasteiger partial charge in [-0.05, 0) is 42.1 Å². The van der Waals surface area contributed by atoms with E-state index in [2.05, 4.69) is 0 Å². The van der Waals surface area contributed by atoms with Crippen LogP contribution >= 0.6 is 11.3 Å². The number of hydrogen-bond acceptors (Lipinski definition) is 4. The first kappa shape index (κ1) is 12.6. The van der Waals surface area contributed by atoms with Gasteiger partial charge in [-0.2, -0.15) is 0 Å². The van der Waals surface area contributed by atoms with Crippen molar-refractivity contribution in [3.63, 3.8) is 0 Å². The third kappa shape index (κ3) is 2.24. The average molecular weight is 262 g/mol. The minimum absolute atomic E-state index is 0.0120. The molecule has 0 N–H and O–H groups in total. The van der Waals surface area contributed by atoms with Gasteiger partial charge < -0.3 is 9.47 Å². The van der Waals surface area contributed by atoms with Gasteiger partial charge in [-0.3, -0.25) is 4.79 Å². The topological polar surface area (TPSA) is 35.5 Å². The number of thiophene rings is 1. The summed E-state index contributed by atoms with van der Waals surface area (Å²) in [7, 11) is 3.18. The first-order valence-corrected chi connectivity index (χ1v) is 6.36. The maximum Gasteiger partial charge on any atom is 0.206 e. The SMILES string of the molecule is COc1ccc(C(=O)c2sccc2OC)c(C)c1. The zero-order valence-corrected chi connectivity index (χ0v) is 11.3. The smallest absolute Gasteiger partial charge is 0.206 e. The minimum atomic E-state index is -0.0120. The zero-order chi connectivity index (χ0) is 13.1. The van der Waals surface area contributed by atoms with Crippen LogP contribution < -0.4 is 9.47 Å². The van der Waals surface area contributed by atoms with Crippen LogP contribution in [0.25, 0.3) is 0 Å². The number of carbonyl (C=O) groups excluding carboxylic acids is 1. The van der Waals surface area contributed by atoms with Gasteiger partial charge in [0.2, 0.25) is 5.78 Å². The second-order valence-electron chi connectivity index (χ2n) is 3.83. The number of ether oxygens (including phenoxy) is 2. The van der Waals surface area contributed by atoms with E-state index >= 15 is 0 Å². The first-order valence-electron chi connectivity index (χ1n) is 5.48. The van der Waals surface area contributed by atoms with Crippen molar-refractivity contribution in [3.05, 3.63) is 45.6 Å². The number of ketones is 1. The Kier molecular flexibility index (Phi) is 3.67. The van der Waals surface area contributed by atoms with E-state index in [1.807, 2.05) is 18.4 Å². The normalized spacial score (nSPS) is 10.2. The lowest BCUT2D eigenvalue weighted by molar-refractivity contribution is 0.103. The second kappa shape index (κ2) is 5.23. The first-order chi connectivity index (χ1) is 8.67. The van der Waals surface area contributed by atoms with Crippen LogP contribution in [0.1, 0.15) is 20.8 Å². The van der Waals surface area contributed by atoms with Crippen molar-refractivity contribution in [1.29, 1.82) is 0 Å². The highest BCUT2D eigenvalue weighted by Gasteiger charge is 2.17. The van der Waals surface area contributed by atoms with Crippen LogP contribution in [0.2, 0.25) is 0 Å². The zero-order valence-electron chi connectivity index (χ0n) is 10.5. The van der Waals surface area contributed by atoms with E-state index < -0.39 is 0 Å². The molecule has 0 saturated heterocycles. The summed E-state index contributed by atoms with van der Waals surface area (Å²) >= 11 is 1.39. The number of rotatable bonds is 4. The molecule has 18 heavy (non-hydrogen) atoms. The number of aryl methyl sites for hydroxylation is 1. The number of benzene rings is 1. The molecule has 1 aromatic heterocycles. The van der Waals surface area contributed by atoms with Crippen LogP contribution in [0, 0.1) is 6.92 Å². The van der Waals surface area contributed by atoms with E-state index in [0.29, 0.717) is 16.2 Å². The Hall–Kier alpha value is -1.81. The molecule has 0 unspecified atom stereocenters. The van der Waals surface area contributed by atoms with Crippen molar-refractivity contribution in [2.75, 3.05) is 14.2 Å². The lowest BCUT2D eigenvalue weighted by Crippen LogP contribution is -2.03. The summed E-state index contributed by atoms with van der Waals surface area (Å²) in [5, 5.41) is 1.85. The Morgan fingerprint density at radius 1 is 1.17 bits per heavy atom. The maximum atomic E-state index is 12.4. The summed E-state index contributed by atoms with van der Waals surface area (Å²) < 4.78 is 10.3. The number of methoxy groups -OCH3 is 2. The molecule has 2 rings (SSSR count). The quantitative estimate of drug-likeness (QED) is 0.793. The second-order valence-corrected chi connectivity index (χ2v) is 4.74. The van der Waals surface area contributed by atoms with Crippen molar-refractivity contribution >= 4 is 17.1 Å². The molecule has 1 heterocycles. The predicted octanol–water partition coefficient (Wildman–Crippen LogP) is 3.30. The summed E-state index contributed by atoms with van der Waals surface area (Å²) in [5.74, 6) is 1.37. The molecule has 1 aromatic carbocycles. The summed E-state index contributed by atoms with van der Waals surface area (Å²) in [6, 6.07) is 7.24. The Morgan fingerprint density at radius 3 is 2.56 bits per heavy atom. The predicted molar refractivity (Wildman–Crippen MR) is 72.0 cm³/mol. The third-order valence-electron chi connectivity index (χ3n) is 2.73. The van der Waals surface area contributed by atoms with Crippen LogP contribution in [0.15, 0.2) is 29.6 Å². The highest BCUT2D eigenvalue weighted by Crippen LogP contribution is 2.29. The fourth-order valence-electron chi connectivity index (χ4n) is 1.76. The van der Waals surface area contributed by atoms with E-state index in [4.69, 9.17) is 9.47 Å². The summed E-state index contributed by atoms with van der Waals surface area (Å²) in [4.78, 5) is 13.0. The van der Waals surface area contributed by atoms with Crippen molar-refractivity contribution in [2.45, 2.75) is 6.92 Å². The fourth-order valence-corrected chi connectivity index (χ4v) is 2.58. The Morgan fingerprint density at radius 2 is 1.94 bits per heavy atom. The third-order valence-corrected chi connectivity index (χ3v) is 3.63. The van der Waals surface area contributed by atoms with Crippen LogP contribution in [0.5, 0.6) is 11.5 Å². The van der Waals surface area contributed by atoms with E-state index in [0.717, 1.165) is 11.3 Å². The largest absolute Gasteiger partial charge is 0.497 e. The highest BCUT2D eigenvalue weighted by molar-refractivity contribution is 7.12. The number of hydrogen-bond donors (Lipinski definition) is 0. The van der Waals surface area contributed by atoms with E-state index in [1.54, 1.807) is 32.4 Å². The Labute approximate surface area is 110 Å². The molecule has 0 spiro atoms. The summed E-state index contributed by atoms with van der Waals surface area (Å²) in [5.41, 5.74) is 1.58. The molecule has 0 bridgehead atoms. The number of carbonyl (C=O) groups is 1. The molecule has 4 heteroatoms. The fraction of sp³-hybridized carbons (Fsp3) is 0.214. The van der Waals surface area contributed by atoms with Crippen LogP contribution in [0.4, 0.5) is 0 Å². The van der Waals surface area contributed by atoms with Crippen molar-refractivity contribution in [2.24, 2.45) is 0 Å². The molecule has 0 saturated carbocycles. The Balaban J connectivity index is 2.40. The highest BCUT2D eigenvalue weighted by atomic mass is 32.1. The van der Waals surface area contributed by atoms with Gasteiger partial charge in [0.15, 0.2) is 0 Å². The molecule has 0 radical (unpaired) electrons. The van der Waals surface area contributed by atoms with Gasteiger partial charge in [0, 0.05) is 5.56 Å². The van der Waals surface area contributed by atoms with Gasteiger partial charge in [-0.15, -0.1) is 11.3 Å². The monoisotopic (exact) mass is 262 g/mol. The maximum absolute atomic E-state index is 12.4. The standard InChI is InChI=1S/C14H14O3S/c1-9-8-10(16-2)4-5-11(9)13(15)14-12(17-3)6-7-18-14/h4-8H,1-3H3. The minimum Gasteiger partial charge on any atom is -0.497 e. The van der Waals surface area contributed by atoms with Crippen molar-refractivity contribution < 1.29 is 14.3 Å². The van der Waals surface area contributed by atoms with Gasteiger partial charge in [-0.1, -0.05) is 0 Å². The molecule has 2 aromatic rings. The van der Waals surface area contributed by atoms with Gasteiger partial charge >= 0.3 is 0 Å². The van der Waals surface area contributed by atoms with E-state index in [-0.39, 0.29) is 5.78 Å². The molecule has 0 fully saturated rings. The van der Waals surface area contributed by atoms with Crippen molar-refractivity contribution in [1.82, 2.24) is 0 Å². The van der Waals surface area contributed by atoms with Crippen molar-refractivity contribution in [3.8, 4) is 11.5 Å². The van der Waals surface area contributed by atoms with Gasteiger partial charge in [0.1, 0.15) is 16.4 Å². The molecule has 0 aliphatic carbocycles. The van der Waals surface area contributed by atoms with Crippen LogP contribution in [-0.2, 0) is 0 Å². The summed E-state index contributed by atoms with van der Waals surface area (Å²) in [6.07, 6.45) is 0. The van der Waals surface area contributed by atoms with Gasteiger partial charge in [-0.25, -0.2) is 0 Å². The molecular weight excluding hydrogens is 248 g/mol. The Bertz CT molecular complexity index is 572. The molecule has 0 aliphatic rings. The van der Waals surface area contributed by atoms with Crippen LogP contribution in [0.3, 0.4) is 0 Å². The average Bonchev–Trinajstić information content (AvgIpc) is 2.86. The lowest BCUT2D eigenvalue weighted by atomic mass is 10.0. The molecular formula is C14H14O3S. The summed E-state index contributed by atoms with van der Waals surface area (Å²) in [6.45, 7) is 1.90. The van der Waals surface area contributed by atoms with E-state index in [9.17, 15) is 4.79 Å². The van der Waals surface area contributed by atoms with E-state index in [1.165, 1.54) is 11.3 Å².